The number of aromatic nitrogens is 2. The van der Waals surface area contributed by atoms with Gasteiger partial charge >= 0.3 is 6.03 Å². The van der Waals surface area contributed by atoms with Crippen molar-refractivity contribution in [3.63, 3.8) is 0 Å². The zero-order valence-electron chi connectivity index (χ0n) is 16.1. The molecule has 3 amide bonds. The van der Waals surface area contributed by atoms with Crippen LogP contribution in [0.4, 0.5) is 4.79 Å². The van der Waals surface area contributed by atoms with Gasteiger partial charge in [0.05, 0.1) is 29.0 Å². The van der Waals surface area contributed by atoms with Crippen LogP contribution in [0.3, 0.4) is 0 Å². The molecule has 1 heterocycles. The highest BCUT2D eigenvalue weighted by atomic mass is 32.2. The Balaban J connectivity index is 2.14. The van der Waals surface area contributed by atoms with E-state index in [9.17, 15) is 14.4 Å². The second kappa shape index (κ2) is 8.78. The SMILES string of the molecule is CNC(=O)NC(=O)[C@H](C)Sc1nc2ccccc2c(=O)n1-c1ccccc1OC. The van der Waals surface area contributed by atoms with Crippen LogP contribution in [-0.4, -0.2) is 40.9 Å². The van der Waals surface area contributed by atoms with Crippen LogP contribution in [0.25, 0.3) is 16.6 Å². The number of benzene rings is 2. The standard InChI is InChI=1S/C20H20N4O4S/c1-12(17(25)23-19(27)21-2)29-20-22-14-9-5-4-8-13(14)18(26)24(20)15-10-6-7-11-16(15)28-3/h4-12H,1-3H3,(H2,21,23,25,27)/t12-/m0/s1. The number of nitrogens with one attached hydrogen (secondary N) is 2. The molecular formula is C20H20N4O4S. The number of carbonyl (C=O) groups is 2. The summed E-state index contributed by atoms with van der Waals surface area (Å²) in [6.45, 7) is 1.64. The normalized spacial score (nSPS) is 11.7. The van der Waals surface area contributed by atoms with Crippen LogP contribution < -0.4 is 20.9 Å². The number of ether oxygens (including phenoxy) is 1. The average molecular weight is 412 g/mol. The van der Waals surface area contributed by atoms with Crippen molar-refractivity contribution < 1.29 is 14.3 Å². The number of hydrogen-bond donors (Lipinski definition) is 2. The summed E-state index contributed by atoms with van der Waals surface area (Å²) in [5.74, 6) is -0.000620. The van der Waals surface area contributed by atoms with Crippen molar-refractivity contribution in [3.8, 4) is 11.4 Å². The van der Waals surface area contributed by atoms with Crippen LogP contribution in [0.15, 0.2) is 58.5 Å². The van der Waals surface area contributed by atoms with Gasteiger partial charge in [-0.1, -0.05) is 36.0 Å². The van der Waals surface area contributed by atoms with Gasteiger partial charge in [-0.3, -0.25) is 19.5 Å². The first kappa shape index (κ1) is 20.4. The molecule has 9 heteroatoms. The zero-order valence-corrected chi connectivity index (χ0v) is 16.9. The first-order chi connectivity index (χ1) is 14.0. The maximum Gasteiger partial charge on any atom is 0.321 e. The van der Waals surface area contributed by atoms with Crippen molar-refractivity contribution in [1.29, 1.82) is 0 Å². The summed E-state index contributed by atoms with van der Waals surface area (Å²) < 4.78 is 6.84. The highest BCUT2D eigenvalue weighted by Gasteiger charge is 2.22. The molecule has 1 atom stereocenters. The van der Waals surface area contributed by atoms with E-state index in [1.165, 1.54) is 18.7 Å². The molecule has 1 aromatic heterocycles. The highest BCUT2D eigenvalue weighted by Crippen LogP contribution is 2.29. The second-order valence-electron chi connectivity index (χ2n) is 6.05. The molecule has 3 aromatic rings. The maximum atomic E-state index is 13.3. The molecule has 2 N–H and O–H groups in total. The molecule has 0 unspecified atom stereocenters. The minimum Gasteiger partial charge on any atom is -0.495 e. The molecule has 2 aromatic carbocycles. The van der Waals surface area contributed by atoms with E-state index in [0.29, 0.717) is 27.5 Å². The Morgan fingerprint density at radius 3 is 2.55 bits per heavy atom. The Kier molecular flexibility index (Phi) is 6.18. The Morgan fingerprint density at radius 2 is 1.83 bits per heavy atom. The zero-order chi connectivity index (χ0) is 21.0. The maximum absolute atomic E-state index is 13.3. The van der Waals surface area contributed by atoms with Crippen LogP contribution in [0, 0.1) is 0 Å². The third-order valence-corrected chi connectivity index (χ3v) is 5.24. The van der Waals surface area contributed by atoms with Gasteiger partial charge in [0.2, 0.25) is 5.91 Å². The number of hydrogen-bond acceptors (Lipinski definition) is 6. The average Bonchev–Trinajstić information content (AvgIpc) is 2.73. The lowest BCUT2D eigenvalue weighted by atomic mass is 10.2. The number of thioether (sulfide) groups is 1. The Morgan fingerprint density at radius 1 is 1.14 bits per heavy atom. The third kappa shape index (κ3) is 4.24. The van der Waals surface area contributed by atoms with Crippen molar-refractivity contribution >= 4 is 34.6 Å². The van der Waals surface area contributed by atoms with Gasteiger partial charge in [0.25, 0.3) is 5.56 Å². The van der Waals surface area contributed by atoms with Gasteiger partial charge in [0.1, 0.15) is 5.75 Å². The van der Waals surface area contributed by atoms with Crippen LogP contribution in [0.2, 0.25) is 0 Å². The molecule has 8 nitrogen and oxygen atoms in total. The minimum absolute atomic E-state index is 0.276. The number of methoxy groups -OCH3 is 1. The molecule has 0 aliphatic heterocycles. The quantitative estimate of drug-likeness (QED) is 0.493. The van der Waals surface area contributed by atoms with Crippen LogP contribution >= 0.6 is 11.8 Å². The smallest absolute Gasteiger partial charge is 0.321 e. The molecular weight excluding hydrogens is 392 g/mol. The lowest BCUT2D eigenvalue weighted by molar-refractivity contribution is -0.119. The van der Waals surface area contributed by atoms with Gasteiger partial charge in [0, 0.05) is 7.05 Å². The van der Waals surface area contributed by atoms with E-state index in [2.05, 4.69) is 15.6 Å². The van der Waals surface area contributed by atoms with E-state index in [-0.39, 0.29) is 5.56 Å². The molecule has 0 saturated heterocycles. The van der Waals surface area contributed by atoms with Gasteiger partial charge in [-0.2, -0.15) is 0 Å². The Hall–Kier alpha value is -3.33. The van der Waals surface area contributed by atoms with Gasteiger partial charge in [-0.15, -0.1) is 0 Å². The minimum atomic E-state index is -0.679. The number of amides is 3. The molecule has 0 fully saturated rings. The summed E-state index contributed by atoms with van der Waals surface area (Å²) in [5, 5.41) is 4.65. The molecule has 0 bridgehead atoms. The van der Waals surface area contributed by atoms with E-state index in [4.69, 9.17) is 4.74 Å². The number of carbonyl (C=O) groups excluding carboxylic acids is 2. The molecule has 0 radical (unpaired) electrons. The lowest BCUT2D eigenvalue weighted by Gasteiger charge is -2.17. The van der Waals surface area contributed by atoms with Crippen molar-refractivity contribution in [2.24, 2.45) is 0 Å². The van der Waals surface area contributed by atoms with Crippen LogP contribution in [0.1, 0.15) is 6.92 Å². The predicted octanol–water partition coefficient (Wildman–Crippen LogP) is 2.33. The van der Waals surface area contributed by atoms with Gasteiger partial charge in [-0.25, -0.2) is 9.78 Å². The van der Waals surface area contributed by atoms with E-state index in [0.717, 1.165) is 11.8 Å². The Labute approximate surface area is 171 Å². The van der Waals surface area contributed by atoms with E-state index in [1.807, 2.05) is 0 Å². The molecule has 29 heavy (non-hydrogen) atoms. The van der Waals surface area contributed by atoms with Crippen molar-refractivity contribution in [2.75, 3.05) is 14.2 Å². The summed E-state index contributed by atoms with van der Waals surface area (Å²) >= 11 is 1.08. The molecule has 3 rings (SSSR count). The number of imide groups is 1. The summed E-state index contributed by atoms with van der Waals surface area (Å²) in [7, 11) is 2.94. The fourth-order valence-electron chi connectivity index (χ4n) is 2.71. The number of urea groups is 1. The number of rotatable bonds is 5. The van der Waals surface area contributed by atoms with Crippen LogP contribution in [-0.2, 0) is 4.79 Å². The summed E-state index contributed by atoms with van der Waals surface area (Å²) in [4.78, 5) is 41.6. The van der Waals surface area contributed by atoms with Crippen molar-refractivity contribution in [2.45, 2.75) is 17.3 Å². The summed E-state index contributed by atoms with van der Waals surface area (Å²) in [6.07, 6.45) is 0. The van der Waals surface area contributed by atoms with Gasteiger partial charge in [-0.05, 0) is 31.2 Å². The van der Waals surface area contributed by atoms with E-state index < -0.39 is 17.2 Å². The first-order valence-electron chi connectivity index (χ1n) is 8.80. The second-order valence-corrected chi connectivity index (χ2v) is 7.36. The van der Waals surface area contributed by atoms with E-state index >= 15 is 0 Å². The summed E-state index contributed by atoms with van der Waals surface area (Å²) in [6, 6.07) is 13.5. The predicted molar refractivity (Wildman–Crippen MR) is 112 cm³/mol. The monoisotopic (exact) mass is 412 g/mol. The summed E-state index contributed by atoms with van der Waals surface area (Å²) in [5.41, 5.74) is 0.756. The molecule has 150 valence electrons. The van der Waals surface area contributed by atoms with Gasteiger partial charge < -0.3 is 10.1 Å². The first-order valence-corrected chi connectivity index (χ1v) is 9.68. The number of nitrogens with zero attached hydrogens (tertiary/aromatic N) is 2. The molecule has 0 spiro atoms. The third-order valence-electron chi connectivity index (χ3n) is 4.19. The largest absolute Gasteiger partial charge is 0.495 e. The highest BCUT2D eigenvalue weighted by molar-refractivity contribution is 8.00. The lowest BCUT2D eigenvalue weighted by Crippen LogP contribution is -2.41. The fraction of sp³-hybridized carbons (Fsp3) is 0.200. The number of fused-ring (bicyclic) bond motifs is 1. The topological polar surface area (TPSA) is 102 Å². The molecule has 0 aliphatic rings. The Bertz CT molecular complexity index is 1130. The van der Waals surface area contributed by atoms with Crippen molar-refractivity contribution in [1.82, 2.24) is 20.2 Å². The van der Waals surface area contributed by atoms with Crippen LogP contribution in [0.5, 0.6) is 5.75 Å². The van der Waals surface area contributed by atoms with E-state index in [1.54, 1.807) is 55.5 Å². The van der Waals surface area contributed by atoms with Crippen molar-refractivity contribution in [3.05, 3.63) is 58.9 Å². The van der Waals surface area contributed by atoms with Gasteiger partial charge in [0.15, 0.2) is 5.16 Å². The molecule has 0 saturated carbocycles. The fourth-order valence-corrected chi connectivity index (χ4v) is 3.63. The molecule has 0 aliphatic carbocycles. The number of para-hydroxylation sites is 3.